The Labute approximate surface area is 159 Å². The van der Waals surface area contributed by atoms with Crippen LogP contribution in [-0.4, -0.2) is 30.5 Å². The number of methoxy groups -OCH3 is 1. The van der Waals surface area contributed by atoms with Crippen LogP contribution in [-0.2, 0) is 11.2 Å². The van der Waals surface area contributed by atoms with E-state index in [0.29, 0.717) is 13.0 Å². The molecule has 0 aliphatic carbocycles. The largest absolute Gasteiger partial charge is 0.465 e. The van der Waals surface area contributed by atoms with E-state index in [9.17, 15) is 14.0 Å². The number of halogens is 1. The van der Waals surface area contributed by atoms with E-state index < -0.39 is 5.97 Å². The molecule has 3 aromatic rings. The summed E-state index contributed by atoms with van der Waals surface area (Å²) >= 11 is 1.47. The first-order valence-corrected chi connectivity index (χ1v) is 9.12. The Hall–Kier alpha value is -3.06. The van der Waals surface area contributed by atoms with Gasteiger partial charge in [0.15, 0.2) is 0 Å². The molecule has 5 nitrogen and oxygen atoms in total. The quantitative estimate of drug-likeness (QED) is 0.658. The number of nitrogens with one attached hydrogen (secondary N) is 1. The van der Waals surface area contributed by atoms with Gasteiger partial charge >= 0.3 is 5.97 Å². The number of thiazole rings is 1. The van der Waals surface area contributed by atoms with Crippen molar-refractivity contribution in [3.63, 3.8) is 0 Å². The number of hydrogen-bond acceptors (Lipinski definition) is 5. The van der Waals surface area contributed by atoms with E-state index in [-0.39, 0.29) is 22.9 Å². The van der Waals surface area contributed by atoms with Crippen molar-refractivity contribution in [2.75, 3.05) is 13.7 Å². The third-order valence-corrected chi connectivity index (χ3v) is 4.83. The Balaban J connectivity index is 1.60. The molecule has 3 rings (SSSR count). The van der Waals surface area contributed by atoms with E-state index in [2.05, 4.69) is 10.3 Å². The van der Waals surface area contributed by atoms with Crippen LogP contribution in [0.15, 0.2) is 53.9 Å². The Bertz CT molecular complexity index is 954. The number of carbonyl (C=O) groups is 2. The van der Waals surface area contributed by atoms with Crippen molar-refractivity contribution in [1.82, 2.24) is 10.3 Å². The maximum absolute atomic E-state index is 13.0. The SMILES string of the molecule is COC(=O)c1ccccc1C(=O)NCCc1csc(-c2ccc(F)cc2)n1. The minimum Gasteiger partial charge on any atom is -0.465 e. The minimum absolute atomic E-state index is 0.227. The fourth-order valence-corrected chi connectivity index (χ4v) is 3.38. The number of ether oxygens (including phenoxy) is 1. The summed E-state index contributed by atoms with van der Waals surface area (Å²) in [5, 5.41) is 5.50. The Morgan fingerprint density at radius 3 is 2.52 bits per heavy atom. The highest BCUT2D eigenvalue weighted by Gasteiger charge is 2.16. The average molecular weight is 384 g/mol. The number of carbonyl (C=O) groups excluding carboxylic acids is 2. The van der Waals surface area contributed by atoms with Gasteiger partial charge in [-0.25, -0.2) is 14.2 Å². The number of esters is 1. The van der Waals surface area contributed by atoms with Crippen molar-refractivity contribution >= 4 is 23.2 Å². The van der Waals surface area contributed by atoms with Crippen molar-refractivity contribution in [1.29, 1.82) is 0 Å². The lowest BCUT2D eigenvalue weighted by Crippen LogP contribution is -2.27. The highest BCUT2D eigenvalue weighted by Crippen LogP contribution is 2.24. The van der Waals surface area contributed by atoms with Crippen LogP contribution in [0.25, 0.3) is 10.6 Å². The topological polar surface area (TPSA) is 68.3 Å². The van der Waals surface area contributed by atoms with Crippen LogP contribution in [0.1, 0.15) is 26.4 Å². The summed E-state index contributed by atoms with van der Waals surface area (Å²) in [6.07, 6.45) is 0.545. The van der Waals surface area contributed by atoms with Crippen molar-refractivity contribution in [3.8, 4) is 10.6 Å². The third-order valence-electron chi connectivity index (χ3n) is 3.89. The summed E-state index contributed by atoms with van der Waals surface area (Å²) in [6.45, 7) is 0.376. The van der Waals surface area contributed by atoms with Crippen LogP contribution in [0.5, 0.6) is 0 Å². The molecule has 0 spiro atoms. The number of rotatable bonds is 6. The summed E-state index contributed by atoms with van der Waals surface area (Å²) in [7, 11) is 1.28. The zero-order valence-electron chi connectivity index (χ0n) is 14.6. The van der Waals surface area contributed by atoms with Crippen molar-refractivity contribution < 1.29 is 18.7 Å². The molecule has 1 aromatic heterocycles. The lowest BCUT2D eigenvalue weighted by molar-refractivity contribution is 0.0596. The monoisotopic (exact) mass is 384 g/mol. The van der Waals surface area contributed by atoms with Gasteiger partial charge in [-0.3, -0.25) is 4.79 Å². The zero-order chi connectivity index (χ0) is 19.2. The van der Waals surface area contributed by atoms with E-state index in [1.807, 2.05) is 5.38 Å². The maximum Gasteiger partial charge on any atom is 0.338 e. The summed E-state index contributed by atoms with van der Waals surface area (Å²) in [5.74, 6) is -1.18. The first kappa shape index (κ1) is 18.7. The molecule has 0 saturated heterocycles. The van der Waals surface area contributed by atoms with Crippen LogP contribution in [0, 0.1) is 5.82 Å². The number of amides is 1. The normalized spacial score (nSPS) is 10.4. The molecule has 1 amide bonds. The van der Waals surface area contributed by atoms with Crippen LogP contribution >= 0.6 is 11.3 Å². The molecule has 1 N–H and O–H groups in total. The van der Waals surface area contributed by atoms with E-state index in [4.69, 9.17) is 4.74 Å². The van der Waals surface area contributed by atoms with Crippen LogP contribution in [0.2, 0.25) is 0 Å². The van der Waals surface area contributed by atoms with Gasteiger partial charge in [0.25, 0.3) is 5.91 Å². The number of aromatic nitrogens is 1. The first-order chi connectivity index (χ1) is 13.1. The van der Waals surface area contributed by atoms with Gasteiger partial charge in [0, 0.05) is 23.9 Å². The van der Waals surface area contributed by atoms with Crippen LogP contribution < -0.4 is 5.32 Å². The lowest BCUT2D eigenvalue weighted by Gasteiger charge is -2.08. The Morgan fingerprint density at radius 2 is 1.81 bits per heavy atom. The van der Waals surface area contributed by atoms with Crippen LogP contribution in [0.3, 0.4) is 0 Å². The Morgan fingerprint density at radius 1 is 1.11 bits per heavy atom. The molecule has 7 heteroatoms. The number of nitrogens with zero attached hydrogens (tertiary/aromatic N) is 1. The number of benzene rings is 2. The molecule has 1 heterocycles. The van der Waals surface area contributed by atoms with Crippen molar-refractivity contribution in [2.24, 2.45) is 0 Å². The molecule has 0 aliphatic heterocycles. The highest BCUT2D eigenvalue weighted by atomic mass is 32.1. The fourth-order valence-electron chi connectivity index (χ4n) is 2.52. The second kappa shape index (κ2) is 8.55. The molecule has 0 bridgehead atoms. The molecular weight excluding hydrogens is 367 g/mol. The minimum atomic E-state index is -0.552. The van der Waals surface area contributed by atoms with E-state index in [1.54, 1.807) is 36.4 Å². The summed E-state index contributed by atoms with van der Waals surface area (Å²) < 4.78 is 17.7. The molecule has 0 radical (unpaired) electrons. The van der Waals surface area contributed by atoms with E-state index >= 15 is 0 Å². The third kappa shape index (κ3) is 4.57. The molecule has 0 fully saturated rings. The molecule has 27 heavy (non-hydrogen) atoms. The van der Waals surface area contributed by atoms with Crippen molar-refractivity contribution in [2.45, 2.75) is 6.42 Å². The molecule has 0 atom stereocenters. The summed E-state index contributed by atoms with van der Waals surface area (Å²) in [6, 6.07) is 12.7. The second-order valence-corrected chi connectivity index (χ2v) is 6.55. The molecule has 0 unspecified atom stereocenters. The maximum atomic E-state index is 13.0. The first-order valence-electron chi connectivity index (χ1n) is 8.24. The summed E-state index contributed by atoms with van der Waals surface area (Å²) in [4.78, 5) is 28.6. The smallest absolute Gasteiger partial charge is 0.338 e. The van der Waals surface area contributed by atoms with Crippen molar-refractivity contribution in [3.05, 3.63) is 76.5 Å². The highest BCUT2D eigenvalue weighted by molar-refractivity contribution is 7.13. The predicted octanol–water partition coefficient (Wildman–Crippen LogP) is 3.71. The van der Waals surface area contributed by atoms with E-state index in [0.717, 1.165) is 16.3 Å². The molecule has 2 aromatic carbocycles. The predicted molar refractivity (Wildman–Crippen MR) is 101 cm³/mol. The van der Waals surface area contributed by atoms with Crippen LogP contribution in [0.4, 0.5) is 4.39 Å². The van der Waals surface area contributed by atoms with Gasteiger partial charge in [0.05, 0.1) is 23.9 Å². The van der Waals surface area contributed by atoms with Gasteiger partial charge in [-0.05, 0) is 36.4 Å². The van der Waals surface area contributed by atoms with Gasteiger partial charge in [-0.2, -0.15) is 0 Å². The van der Waals surface area contributed by atoms with Gasteiger partial charge in [0.1, 0.15) is 10.8 Å². The average Bonchev–Trinajstić information content (AvgIpc) is 3.16. The van der Waals surface area contributed by atoms with Gasteiger partial charge in [-0.15, -0.1) is 11.3 Å². The molecule has 0 aliphatic rings. The molecular formula is C20H17FN2O3S. The van der Waals surface area contributed by atoms with E-state index in [1.165, 1.54) is 30.6 Å². The van der Waals surface area contributed by atoms with Gasteiger partial charge in [0.2, 0.25) is 0 Å². The van der Waals surface area contributed by atoms with Gasteiger partial charge < -0.3 is 10.1 Å². The molecule has 0 saturated carbocycles. The number of hydrogen-bond donors (Lipinski definition) is 1. The fraction of sp³-hybridized carbons (Fsp3) is 0.150. The lowest BCUT2D eigenvalue weighted by atomic mass is 10.1. The van der Waals surface area contributed by atoms with Gasteiger partial charge in [-0.1, -0.05) is 12.1 Å². The summed E-state index contributed by atoms with van der Waals surface area (Å²) in [5.41, 5.74) is 2.18. The molecule has 138 valence electrons. The Kier molecular flexibility index (Phi) is 5.93. The zero-order valence-corrected chi connectivity index (χ0v) is 15.4. The second-order valence-electron chi connectivity index (χ2n) is 5.69. The standard InChI is InChI=1S/C20H17FN2O3S/c1-26-20(25)17-5-3-2-4-16(17)18(24)22-11-10-15-12-27-19(23-15)13-6-8-14(21)9-7-13/h2-9,12H,10-11H2,1H3,(H,22,24).